The van der Waals surface area contributed by atoms with E-state index in [9.17, 15) is 0 Å². The van der Waals surface area contributed by atoms with Crippen LogP contribution in [-0.4, -0.2) is 50.8 Å². The highest BCUT2D eigenvalue weighted by atomic mass is 16.5. The number of rotatable bonds is 5. The van der Waals surface area contributed by atoms with Crippen molar-refractivity contribution in [2.24, 2.45) is 0 Å². The number of H-pyrrole nitrogens is 2. The molecule has 0 aliphatic heterocycles. The summed E-state index contributed by atoms with van der Waals surface area (Å²) in [4.78, 5) is 26.4. The normalized spacial score (nSPS) is 14.5. The Labute approximate surface area is 212 Å². The molecule has 37 heavy (non-hydrogen) atoms. The SMILES string of the molecule is Cc1cn(-c2nccc3[nH]c(-c4n[nH]c5ccc(-c6cncc(OC7CCCCC7)c6)nc45)nc23)cn1. The first-order valence-electron chi connectivity index (χ1n) is 12.5. The van der Waals surface area contributed by atoms with E-state index in [1.807, 2.05) is 48.1 Å². The second-order valence-corrected chi connectivity index (χ2v) is 9.49. The summed E-state index contributed by atoms with van der Waals surface area (Å²) < 4.78 is 8.10. The van der Waals surface area contributed by atoms with E-state index in [2.05, 4.69) is 30.1 Å². The molecule has 10 nitrogen and oxygen atoms in total. The summed E-state index contributed by atoms with van der Waals surface area (Å²) >= 11 is 0. The van der Waals surface area contributed by atoms with Gasteiger partial charge >= 0.3 is 0 Å². The molecule has 1 aliphatic carbocycles. The van der Waals surface area contributed by atoms with Gasteiger partial charge < -0.3 is 9.72 Å². The van der Waals surface area contributed by atoms with Crippen LogP contribution < -0.4 is 4.74 Å². The maximum atomic E-state index is 6.23. The molecule has 6 heterocycles. The molecule has 6 aromatic rings. The number of fused-ring (bicyclic) bond motifs is 2. The fraction of sp³-hybridized carbons (Fsp3) is 0.259. The Morgan fingerprint density at radius 2 is 1.89 bits per heavy atom. The molecular formula is C27H25N9O. The van der Waals surface area contributed by atoms with Gasteiger partial charge in [0.25, 0.3) is 0 Å². The van der Waals surface area contributed by atoms with Crippen LogP contribution in [0.2, 0.25) is 0 Å². The average Bonchev–Trinajstić information content (AvgIpc) is 3.66. The number of pyridine rings is 3. The quantitative estimate of drug-likeness (QED) is 0.341. The highest BCUT2D eigenvalue weighted by Crippen LogP contribution is 2.30. The van der Waals surface area contributed by atoms with E-state index in [0.717, 1.165) is 57.6 Å². The first-order valence-corrected chi connectivity index (χ1v) is 12.5. The molecular weight excluding hydrogens is 466 g/mol. The van der Waals surface area contributed by atoms with Crippen molar-refractivity contribution in [3.8, 4) is 34.3 Å². The van der Waals surface area contributed by atoms with Gasteiger partial charge in [-0.25, -0.2) is 19.9 Å². The van der Waals surface area contributed by atoms with Crippen LogP contribution in [0.4, 0.5) is 0 Å². The molecule has 0 spiro atoms. The van der Waals surface area contributed by atoms with Gasteiger partial charge in [-0.3, -0.25) is 14.6 Å². The van der Waals surface area contributed by atoms with Gasteiger partial charge in [0.05, 0.1) is 34.7 Å². The Morgan fingerprint density at radius 3 is 2.76 bits per heavy atom. The monoisotopic (exact) mass is 491 g/mol. The molecule has 10 heteroatoms. The first kappa shape index (κ1) is 21.7. The minimum absolute atomic E-state index is 0.264. The first-order chi connectivity index (χ1) is 18.2. The molecule has 0 bridgehead atoms. The lowest BCUT2D eigenvalue weighted by Gasteiger charge is -2.22. The number of nitrogens with zero attached hydrogens (tertiary/aromatic N) is 7. The number of hydrogen-bond donors (Lipinski definition) is 2. The summed E-state index contributed by atoms with van der Waals surface area (Å²) in [6, 6.07) is 7.86. The zero-order valence-electron chi connectivity index (χ0n) is 20.3. The zero-order chi connectivity index (χ0) is 24.8. The van der Waals surface area contributed by atoms with E-state index in [4.69, 9.17) is 14.7 Å². The van der Waals surface area contributed by atoms with Crippen LogP contribution in [0.1, 0.15) is 37.8 Å². The van der Waals surface area contributed by atoms with Gasteiger partial charge in [-0.2, -0.15) is 5.10 Å². The van der Waals surface area contributed by atoms with Crippen molar-refractivity contribution >= 4 is 22.1 Å². The number of aryl methyl sites for hydroxylation is 1. The van der Waals surface area contributed by atoms with E-state index < -0.39 is 0 Å². The van der Waals surface area contributed by atoms with Crippen LogP contribution >= 0.6 is 0 Å². The highest BCUT2D eigenvalue weighted by molar-refractivity contribution is 5.92. The predicted octanol–water partition coefficient (Wildman–Crippen LogP) is 5.16. The summed E-state index contributed by atoms with van der Waals surface area (Å²) in [5, 5.41) is 7.62. The third kappa shape index (κ3) is 4.00. The molecule has 7 rings (SSSR count). The average molecular weight is 492 g/mol. The standard InChI is InChI=1S/C27H25N9O/c1-16-14-36(15-30-16)27-24-21(9-10-29-27)32-26(33-24)25-23-22(34-35-25)8-7-20(31-23)17-11-19(13-28-12-17)37-18-5-3-2-4-6-18/h7-15,18H,2-6H2,1H3,(H,32,33)(H,34,35). The molecule has 0 radical (unpaired) electrons. The van der Waals surface area contributed by atoms with E-state index in [1.165, 1.54) is 19.3 Å². The molecule has 6 aromatic heterocycles. The van der Waals surface area contributed by atoms with Gasteiger partial charge in [0.15, 0.2) is 17.3 Å². The predicted molar refractivity (Wildman–Crippen MR) is 139 cm³/mol. The van der Waals surface area contributed by atoms with Gasteiger partial charge in [-0.1, -0.05) is 6.42 Å². The third-order valence-corrected chi connectivity index (χ3v) is 6.83. The lowest BCUT2D eigenvalue weighted by atomic mass is 9.98. The number of aromatic nitrogens is 9. The number of ether oxygens (including phenoxy) is 1. The maximum absolute atomic E-state index is 6.23. The minimum Gasteiger partial charge on any atom is -0.489 e. The molecule has 0 aromatic carbocycles. The lowest BCUT2D eigenvalue weighted by Crippen LogP contribution is -2.19. The van der Waals surface area contributed by atoms with Gasteiger partial charge in [-0.05, 0) is 56.9 Å². The Morgan fingerprint density at radius 1 is 0.973 bits per heavy atom. The highest BCUT2D eigenvalue weighted by Gasteiger charge is 2.18. The van der Waals surface area contributed by atoms with E-state index >= 15 is 0 Å². The van der Waals surface area contributed by atoms with Crippen molar-refractivity contribution in [2.45, 2.75) is 45.1 Å². The summed E-state index contributed by atoms with van der Waals surface area (Å²) in [6.07, 6.45) is 15.2. The smallest absolute Gasteiger partial charge is 0.166 e. The van der Waals surface area contributed by atoms with Crippen molar-refractivity contribution in [1.82, 2.24) is 44.7 Å². The van der Waals surface area contributed by atoms with Crippen LogP contribution in [-0.2, 0) is 0 Å². The lowest BCUT2D eigenvalue weighted by molar-refractivity contribution is 0.154. The summed E-state index contributed by atoms with van der Waals surface area (Å²) in [7, 11) is 0. The Balaban J connectivity index is 1.26. The van der Waals surface area contributed by atoms with E-state index in [1.54, 1.807) is 18.7 Å². The zero-order valence-corrected chi connectivity index (χ0v) is 20.3. The van der Waals surface area contributed by atoms with Crippen molar-refractivity contribution in [2.75, 3.05) is 0 Å². The second kappa shape index (κ2) is 8.81. The minimum atomic E-state index is 0.264. The van der Waals surface area contributed by atoms with Gasteiger partial charge in [0.1, 0.15) is 23.1 Å². The number of aromatic amines is 2. The molecule has 2 N–H and O–H groups in total. The molecule has 1 aliphatic rings. The number of nitrogens with one attached hydrogen (secondary N) is 2. The molecule has 1 fully saturated rings. The van der Waals surface area contributed by atoms with Crippen LogP contribution in [0.15, 0.2) is 55.4 Å². The largest absolute Gasteiger partial charge is 0.489 e. The molecule has 1 saturated carbocycles. The summed E-state index contributed by atoms with van der Waals surface area (Å²) in [6.45, 7) is 1.94. The maximum Gasteiger partial charge on any atom is 0.166 e. The Kier molecular flexibility index (Phi) is 5.16. The van der Waals surface area contributed by atoms with Crippen LogP contribution in [0.3, 0.4) is 0 Å². The van der Waals surface area contributed by atoms with Gasteiger partial charge in [-0.15, -0.1) is 0 Å². The van der Waals surface area contributed by atoms with E-state index in [-0.39, 0.29) is 6.10 Å². The van der Waals surface area contributed by atoms with Crippen molar-refractivity contribution < 1.29 is 4.74 Å². The van der Waals surface area contributed by atoms with Crippen molar-refractivity contribution in [3.63, 3.8) is 0 Å². The van der Waals surface area contributed by atoms with Crippen molar-refractivity contribution in [1.29, 1.82) is 0 Å². The van der Waals surface area contributed by atoms with Crippen LogP contribution in [0, 0.1) is 6.92 Å². The molecule has 0 amide bonds. The van der Waals surface area contributed by atoms with Crippen LogP contribution in [0.5, 0.6) is 5.75 Å². The Bertz CT molecular complexity index is 1720. The fourth-order valence-electron chi connectivity index (χ4n) is 4.98. The van der Waals surface area contributed by atoms with Crippen molar-refractivity contribution in [3.05, 3.63) is 61.1 Å². The van der Waals surface area contributed by atoms with Gasteiger partial charge in [0.2, 0.25) is 0 Å². The summed E-state index contributed by atoms with van der Waals surface area (Å²) in [5.41, 5.74) is 6.39. The molecule has 184 valence electrons. The molecule has 0 unspecified atom stereocenters. The fourth-order valence-corrected chi connectivity index (χ4v) is 4.98. The van der Waals surface area contributed by atoms with E-state index in [0.29, 0.717) is 17.3 Å². The Hall–Kier alpha value is -4.60. The summed E-state index contributed by atoms with van der Waals surface area (Å²) in [5.74, 6) is 2.10. The number of hydrogen-bond acceptors (Lipinski definition) is 7. The second-order valence-electron chi connectivity index (χ2n) is 9.49. The number of imidazole rings is 2. The molecule has 0 atom stereocenters. The topological polar surface area (TPSA) is 123 Å². The van der Waals surface area contributed by atoms with Crippen LogP contribution in [0.25, 0.3) is 50.7 Å². The van der Waals surface area contributed by atoms with Gasteiger partial charge in [0, 0.05) is 24.2 Å². The third-order valence-electron chi connectivity index (χ3n) is 6.83. The molecule has 0 saturated heterocycles.